The van der Waals surface area contributed by atoms with E-state index in [1.807, 2.05) is 7.05 Å². The smallest absolute Gasteiger partial charge is 0.191 e. The van der Waals surface area contributed by atoms with Gasteiger partial charge in [-0.3, -0.25) is 0 Å². The summed E-state index contributed by atoms with van der Waals surface area (Å²) in [5.74, 6) is 2.38. The third kappa shape index (κ3) is 4.97. The Morgan fingerprint density at radius 2 is 1.96 bits per heavy atom. The number of guanidine groups is 1. The van der Waals surface area contributed by atoms with E-state index in [9.17, 15) is 0 Å². The van der Waals surface area contributed by atoms with Crippen LogP contribution in [-0.4, -0.2) is 36.6 Å². The molecule has 1 aromatic rings. The van der Waals surface area contributed by atoms with E-state index in [1.54, 1.807) is 0 Å². The van der Waals surface area contributed by atoms with Crippen molar-refractivity contribution in [1.82, 2.24) is 4.90 Å². The Hall–Kier alpha value is -1.71. The van der Waals surface area contributed by atoms with Crippen LogP contribution >= 0.6 is 0 Å². The SMILES string of the molecule is CCCc1ccc(OCC2(CC3CCCCC3)CN(C)C(N)=N2)cc1CC. The molecule has 0 saturated heterocycles. The van der Waals surface area contributed by atoms with Gasteiger partial charge in [-0.25, -0.2) is 4.99 Å². The summed E-state index contributed by atoms with van der Waals surface area (Å²) in [5.41, 5.74) is 8.80. The first-order valence-electron chi connectivity index (χ1n) is 10.9. The standard InChI is InChI=1S/C23H37N3O/c1-4-9-20-12-13-21(14-19(20)5-2)27-17-23(16-26(3)22(24)25-23)15-18-10-7-6-8-11-18/h12-14,18H,4-11,15-17H2,1-3H3,(H2,24,25). The van der Waals surface area contributed by atoms with E-state index in [-0.39, 0.29) is 5.54 Å². The Morgan fingerprint density at radius 3 is 2.59 bits per heavy atom. The number of rotatable bonds is 8. The monoisotopic (exact) mass is 371 g/mol. The lowest BCUT2D eigenvalue weighted by Crippen LogP contribution is -2.41. The molecule has 27 heavy (non-hydrogen) atoms. The van der Waals surface area contributed by atoms with Crippen LogP contribution in [0.2, 0.25) is 0 Å². The van der Waals surface area contributed by atoms with Crippen molar-refractivity contribution >= 4 is 5.96 Å². The van der Waals surface area contributed by atoms with E-state index in [0.717, 1.165) is 37.5 Å². The van der Waals surface area contributed by atoms with Crippen LogP contribution in [0.3, 0.4) is 0 Å². The fourth-order valence-corrected chi connectivity index (χ4v) is 4.81. The van der Waals surface area contributed by atoms with Gasteiger partial charge in [0.05, 0.1) is 0 Å². The molecule has 0 bridgehead atoms. The molecule has 2 aliphatic rings. The van der Waals surface area contributed by atoms with Crippen molar-refractivity contribution in [2.24, 2.45) is 16.6 Å². The number of likely N-dealkylation sites (N-methyl/N-ethyl adjacent to an activating group) is 1. The number of nitrogens with zero attached hydrogens (tertiary/aromatic N) is 2. The molecule has 0 spiro atoms. The topological polar surface area (TPSA) is 50.9 Å². The van der Waals surface area contributed by atoms with Crippen molar-refractivity contribution in [3.8, 4) is 5.75 Å². The minimum atomic E-state index is -0.199. The molecule has 1 heterocycles. The molecule has 3 rings (SSSR count). The lowest BCUT2D eigenvalue weighted by molar-refractivity contribution is 0.166. The van der Waals surface area contributed by atoms with Crippen LogP contribution in [0.25, 0.3) is 0 Å². The van der Waals surface area contributed by atoms with Crippen LogP contribution in [0.4, 0.5) is 0 Å². The van der Waals surface area contributed by atoms with Crippen molar-refractivity contribution in [1.29, 1.82) is 0 Å². The Kier molecular flexibility index (Phi) is 6.67. The summed E-state index contributed by atoms with van der Waals surface area (Å²) in [6.45, 7) is 5.94. The predicted molar refractivity (Wildman–Crippen MR) is 113 cm³/mol. The molecule has 4 nitrogen and oxygen atoms in total. The predicted octanol–water partition coefficient (Wildman–Crippen LogP) is 4.55. The highest BCUT2D eigenvalue weighted by atomic mass is 16.5. The largest absolute Gasteiger partial charge is 0.491 e. The van der Waals surface area contributed by atoms with Crippen molar-refractivity contribution in [2.75, 3.05) is 20.2 Å². The summed E-state index contributed by atoms with van der Waals surface area (Å²) in [6, 6.07) is 6.60. The molecule has 4 heteroatoms. The van der Waals surface area contributed by atoms with Crippen LogP contribution in [-0.2, 0) is 12.8 Å². The summed E-state index contributed by atoms with van der Waals surface area (Å²) in [4.78, 5) is 6.97. The van der Waals surface area contributed by atoms with E-state index in [0.29, 0.717) is 12.6 Å². The van der Waals surface area contributed by atoms with Gasteiger partial charge in [0.2, 0.25) is 0 Å². The number of ether oxygens (including phenoxy) is 1. The molecule has 1 aromatic carbocycles. The first kappa shape index (κ1) is 20.0. The average Bonchev–Trinajstić information content (AvgIpc) is 2.95. The summed E-state index contributed by atoms with van der Waals surface area (Å²) < 4.78 is 6.32. The van der Waals surface area contributed by atoms with Crippen molar-refractivity contribution in [3.63, 3.8) is 0 Å². The van der Waals surface area contributed by atoms with Gasteiger partial charge in [0.25, 0.3) is 0 Å². The maximum Gasteiger partial charge on any atom is 0.191 e. The molecule has 0 radical (unpaired) electrons. The molecule has 2 N–H and O–H groups in total. The summed E-state index contributed by atoms with van der Waals surface area (Å²) in [5, 5.41) is 0. The second kappa shape index (κ2) is 8.99. The van der Waals surface area contributed by atoms with E-state index in [4.69, 9.17) is 15.5 Å². The molecule has 1 unspecified atom stereocenters. The first-order valence-corrected chi connectivity index (χ1v) is 10.9. The third-order valence-corrected chi connectivity index (χ3v) is 6.25. The molecule has 1 fully saturated rings. The maximum absolute atomic E-state index is 6.32. The Balaban J connectivity index is 1.71. The van der Waals surface area contributed by atoms with Gasteiger partial charge in [-0.2, -0.15) is 0 Å². The van der Waals surface area contributed by atoms with Gasteiger partial charge in [0.15, 0.2) is 5.96 Å². The van der Waals surface area contributed by atoms with E-state index >= 15 is 0 Å². The van der Waals surface area contributed by atoms with Crippen LogP contribution in [0.5, 0.6) is 5.75 Å². The zero-order valence-electron chi connectivity index (χ0n) is 17.5. The number of benzene rings is 1. The molecule has 0 aromatic heterocycles. The lowest BCUT2D eigenvalue weighted by atomic mass is 9.80. The molecule has 1 atom stereocenters. The minimum Gasteiger partial charge on any atom is -0.491 e. The number of aliphatic imine (C=N–C) groups is 1. The van der Waals surface area contributed by atoms with Crippen LogP contribution in [0.1, 0.15) is 69.9 Å². The maximum atomic E-state index is 6.32. The second-order valence-corrected chi connectivity index (χ2v) is 8.58. The van der Waals surface area contributed by atoms with Gasteiger partial charge in [0, 0.05) is 13.6 Å². The van der Waals surface area contributed by atoms with Crippen LogP contribution in [0, 0.1) is 5.92 Å². The fourth-order valence-electron chi connectivity index (χ4n) is 4.81. The van der Waals surface area contributed by atoms with Gasteiger partial charge < -0.3 is 15.4 Å². The van der Waals surface area contributed by atoms with Gasteiger partial charge in [-0.1, -0.05) is 58.4 Å². The van der Waals surface area contributed by atoms with Crippen molar-refractivity contribution < 1.29 is 4.74 Å². The molecular weight excluding hydrogens is 334 g/mol. The third-order valence-electron chi connectivity index (χ3n) is 6.25. The van der Waals surface area contributed by atoms with Gasteiger partial charge in [0.1, 0.15) is 17.9 Å². The Morgan fingerprint density at radius 1 is 1.19 bits per heavy atom. The van der Waals surface area contributed by atoms with E-state index < -0.39 is 0 Å². The van der Waals surface area contributed by atoms with Crippen LogP contribution < -0.4 is 10.5 Å². The Labute approximate surface area is 165 Å². The second-order valence-electron chi connectivity index (χ2n) is 8.58. The Bertz CT molecular complexity index is 651. The van der Waals surface area contributed by atoms with Gasteiger partial charge >= 0.3 is 0 Å². The molecule has 1 aliphatic heterocycles. The van der Waals surface area contributed by atoms with E-state index in [1.165, 1.54) is 49.7 Å². The molecular formula is C23H37N3O. The number of aryl methyl sites for hydroxylation is 2. The molecule has 150 valence electrons. The average molecular weight is 372 g/mol. The highest BCUT2D eigenvalue weighted by Crippen LogP contribution is 2.35. The quantitative estimate of drug-likeness (QED) is 0.729. The first-order chi connectivity index (χ1) is 13.0. The minimum absolute atomic E-state index is 0.199. The zero-order valence-corrected chi connectivity index (χ0v) is 17.5. The van der Waals surface area contributed by atoms with Crippen LogP contribution in [0.15, 0.2) is 23.2 Å². The molecule has 0 amide bonds. The molecule has 1 saturated carbocycles. The summed E-state index contributed by atoms with van der Waals surface area (Å²) >= 11 is 0. The van der Waals surface area contributed by atoms with E-state index in [2.05, 4.69) is 36.9 Å². The van der Waals surface area contributed by atoms with Crippen molar-refractivity contribution in [2.45, 2.75) is 77.2 Å². The van der Waals surface area contributed by atoms with Crippen molar-refractivity contribution in [3.05, 3.63) is 29.3 Å². The summed E-state index contributed by atoms with van der Waals surface area (Å²) in [6.07, 6.45) is 11.2. The lowest BCUT2D eigenvalue weighted by Gasteiger charge is -2.32. The highest BCUT2D eigenvalue weighted by Gasteiger charge is 2.40. The molecule has 1 aliphatic carbocycles. The zero-order chi connectivity index (χ0) is 19.3. The normalized spacial score (nSPS) is 23.5. The number of hydrogen-bond donors (Lipinski definition) is 1. The number of hydrogen-bond acceptors (Lipinski definition) is 4. The van der Waals surface area contributed by atoms with Gasteiger partial charge in [-0.05, 0) is 48.4 Å². The highest BCUT2D eigenvalue weighted by molar-refractivity contribution is 5.80. The van der Waals surface area contributed by atoms with Gasteiger partial charge in [-0.15, -0.1) is 0 Å². The number of nitrogens with two attached hydrogens (primary N) is 1. The summed E-state index contributed by atoms with van der Waals surface area (Å²) in [7, 11) is 2.04. The fraction of sp³-hybridized carbons (Fsp3) is 0.696.